The Kier molecular flexibility index (Phi) is 6.02. The van der Waals surface area contributed by atoms with Crippen LogP contribution in [0.4, 0.5) is 4.79 Å². The van der Waals surface area contributed by atoms with E-state index in [1.54, 1.807) is 4.90 Å². The van der Waals surface area contributed by atoms with Crippen LogP contribution in [0.1, 0.15) is 25.7 Å². The molecule has 0 bridgehead atoms. The molecule has 0 saturated carbocycles. The monoisotopic (exact) mass is 283 g/mol. The lowest BCUT2D eigenvalue weighted by Gasteiger charge is -2.32. The number of carboxylic acid groups (broad SMARTS) is 1. The fourth-order valence-corrected chi connectivity index (χ4v) is 2.25. The molecule has 1 fully saturated rings. The first-order valence-corrected chi connectivity index (χ1v) is 6.61. The largest absolute Gasteiger partial charge is 0.480 e. The van der Waals surface area contributed by atoms with Gasteiger partial charge in [0, 0.05) is 19.5 Å². The number of amides is 3. The first-order chi connectivity index (χ1) is 9.43. The molecule has 0 aromatic carbocycles. The van der Waals surface area contributed by atoms with Crippen LogP contribution >= 0.6 is 0 Å². The molecule has 0 spiro atoms. The number of primary amides is 1. The van der Waals surface area contributed by atoms with Gasteiger partial charge in [0.2, 0.25) is 5.91 Å². The summed E-state index contributed by atoms with van der Waals surface area (Å²) in [5.41, 5.74) is 5.14. The van der Waals surface area contributed by atoms with Gasteiger partial charge >= 0.3 is 12.0 Å². The van der Waals surface area contributed by atoms with Crippen molar-refractivity contribution < 1.29 is 19.5 Å². The highest BCUT2D eigenvalue weighted by Gasteiger charge is 2.26. The zero-order valence-corrected chi connectivity index (χ0v) is 11.4. The molecule has 0 aromatic heterocycles. The first-order valence-electron chi connectivity index (χ1n) is 6.61. The van der Waals surface area contributed by atoms with Gasteiger partial charge in [-0.2, -0.15) is 0 Å². The molecular formula is C13H21N3O4. The quantitative estimate of drug-likeness (QED) is 0.609. The lowest BCUT2D eigenvalue weighted by atomic mass is 9.93. The van der Waals surface area contributed by atoms with E-state index in [9.17, 15) is 14.4 Å². The zero-order valence-electron chi connectivity index (χ0n) is 11.4. The number of nitrogens with one attached hydrogen (secondary N) is 1. The second-order valence-corrected chi connectivity index (χ2v) is 4.97. The van der Waals surface area contributed by atoms with Crippen LogP contribution in [-0.2, 0) is 9.59 Å². The third kappa shape index (κ3) is 4.91. The number of rotatable bonds is 6. The van der Waals surface area contributed by atoms with Gasteiger partial charge in [0.1, 0.15) is 6.04 Å². The Labute approximate surface area is 117 Å². The summed E-state index contributed by atoms with van der Waals surface area (Å²) in [4.78, 5) is 35.3. The van der Waals surface area contributed by atoms with Crippen molar-refractivity contribution in [3.05, 3.63) is 12.7 Å². The summed E-state index contributed by atoms with van der Waals surface area (Å²) < 4.78 is 0. The second-order valence-electron chi connectivity index (χ2n) is 4.97. The fraction of sp³-hybridized carbons (Fsp3) is 0.615. The van der Waals surface area contributed by atoms with Crippen LogP contribution in [0.15, 0.2) is 12.7 Å². The van der Waals surface area contributed by atoms with Gasteiger partial charge in [-0.25, -0.2) is 9.59 Å². The van der Waals surface area contributed by atoms with E-state index in [1.807, 2.05) is 0 Å². The van der Waals surface area contributed by atoms with Crippen molar-refractivity contribution in [2.75, 3.05) is 13.1 Å². The van der Waals surface area contributed by atoms with Crippen LogP contribution in [0, 0.1) is 5.92 Å². The number of carbonyl (C=O) groups excluding carboxylic acids is 2. The first kappa shape index (κ1) is 16.0. The Balaban J connectivity index is 2.43. The maximum absolute atomic E-state index is 11.9. The molecule has 1 saturated heterocycles. The highest BCUT2D eigenvalue weighted by Crippen LogP contribution is 2.20. The van der Waals surface area contributed by atoms with Crippen LogP contribution in [0.25, 0.3) is 0 Å². The van der Waals surface area contributed by atoms with Crippen molar-refractivity contribution in [3.63, 3.8) is 0 Å². The fourth-order valence-electron chi connectivity index (χ4n) is 2.25. The minimum atomic E-state index is -1.08. The number of nitrogens with two attached hydrogens (primary N) is 1. The van der Waals surface area contributed by atoms with E-state index < -0.39 is 18.0 Å². The summed E-state index contributed by atoms with van der Waals surface area (Å²) in [7, 11) is 0. The van der Waals surface area contributed by atoms with E-state index in [2.05, 4.69) is 11.9 Å². The van der Waals surface area contributed by atoms with Gasteiger partial charge in [-0.3, -0.25) is 4.79 Å². The van der Waals surface area contributed by atoms with Crippen molar-refractivity contribution in [3.8, 4) is 0 Å². The molecule has 7 heteroatoms. The van der Waals surface area contributed by atoms with E-state index in [1.165, 1.54) is 6.08 Å². The molecule has 1 heterocycles. The van der Waals surface area contributed by atoms with Crippen LogP contribution in [0.5, 0.6) is 0 Å². The van der Waals surface area contributed by atoms with E-state index in [0.29, 0.717) is 32.4 Å². The molecule has 0 aromatic rings. The lowest BCUT2D eigenvalue weighted by Crippen LogP contribution is -2.50. The molecule has 7 nitrogen and oxygen atoms in total. The third-order valence-corrected chi connectivity index (χ3v) is 3.39. The molecule has 20 heavy (non-hydrogen) atoms. The van der Waals surface area contributed by atoms with Crippen molar-refractivity contribution in [2.45, 2.75) is 31.7 Å². The number of nitrogens with zero attached hydrogens (tertiary/aromatic N) is 1. The smallest absolute Gasteiger partial charge is 0.326 e. The molecule has 112 valence electrons. The van der Waals surface area contributed by atoms with Crippen LogP contribution in [0.2, 0.25) is 0 Å². The number of urea groups is 1. The summed E-state index contributed by atoms with van der Waals surface area (Å²) in [6.07, 6.45) is 3.38. The minimum absolute atomic E-state index is 0.180. The van der Waals surface area contributed by atoms with Gasteiger partial charge < -0.3 is 21.1 Å². The molecular weight excluding hydrogens is 262 g/mol. The predicted octanol–water partition coefficient (Wildman–Crippen LogP) is 0.313. The second kappa shape index (κ2) is 7.52. The lowest BCUT2D eigenvalue weighted by molar-refractivity contribution is -0.139. The summed E-state index contributed by atoms with van der Waals surface area (Å²) in [5.74, 6) is -1.20. The maximum atomic E-state index is 11.9. The van der Waals surface area contributed by atoms with E-state index in [4.69, 9.17) is 10.8 Å². The number of carbonyl (C=O) groups is 3. The van der Waals surface area contributed by atoms with E-state index in [-0.39, 0.29) is 18.2 Å². The average molecular weight is 283 g/mol. The molecule has 1 atom stereocenters. The number of carboxylic acids is 1. The van der Waals surface area contributed by atoms with E-state index >= 15 is 0 Å². The van der Waals surface area contributed by atoms with Crippen LogP contribution in [0.3, 0.4) is 0 Å². The Morgan fingerprint density at radius 3 is 2.45 bits per heavy atom. The highest BCUT2D eigenvalue weighted by atomic mass is 16.4. The molecule has 3 amide bonds. The SMILES string of the molecule is C=CCC(NC(=O)N1CCC(CC(N)=O)CC1)C(=O)O. The number of hydrogen-bond donors (Lipinski definition) is 3. The van der Waals surface area contributed by atoms with Crippen molar-refractivity contribution >= 4 is 17.9 Å². The molecule has 0 radical (unpaired) electrons. The normalized spacial score (nSPS) is 17.3. The molecule has 1 unspecified atom stereocenters. The standard InChI is InChI=1S/C13H21N3O4/c1-2-3-10(12(18)19)15-13(20)16-6-4-9(5-7-16)8-11(14)17/h2,9-10H,1,3-8H2,(H2,14,17)(H,15,20)(H,18,19). The molecule has 1 aliphatic rings. The number of hydrogen-bond acceptors (Lipinski definition) is 3. The Bertz CT molecular complexity index is 389. The number of likely N-dealkylation sites (tertiary alicyclic amines) is 1. The Hall–Kier alpha value is -2.05. The summed E-state index contributed by atoms with van der Waals surface area (Å²) >= 11 is 0. The van der Waals surface area contributed by atoms with Gasteiger partial charge in [-0.15, -0.1) is 6.58 Å². The van der Waals surface area contributed by atoms with Crippen LogP contribution < -0.4 is 11.1 Å². The third-order valence-electron chi connectivity index (χ3n) is 3.39. The Morgan fingerprint density at radius 1 is 1.40 bits per heavy atom. The zero-order chi connectivity index (χ0) is 15.1. The van der Waals surface area contributed by atoms with Crippen molar-refractivity contribution in [1.29, 1.82) is 0 Å². The molecule has 1 rings (SSSR count). The predicted molar refractivity (Wildman–Crippen MR) is 72.9 cm³/mol. The van der Waals surface area contributed by atoms with E-state index in [0.717, 1.165) is 0 Å². The van der Waals surface area contributed by atoms with Gasteiger partial charge in [0.15, 0.2) is 0 Å². The van der Waals surface area contributed by atoms with Crippen molar-refractivity contribution in [2.24, 2.45) is 11.7 Å². The van der Waals surface area contributed by atoms with Crippen LogP contribution in [-0.4, -0.2) is 47.0 Å². The maximum Gasteiger partial charge on any atom is 0.326 e. The highest BCUT2D eigenvalue weighted by molar-refractivity contribution is 5.82. The molecule has 1 aliphatic heterocycles. The number of aliphatic carboxylic acids is 1. The van der Waals surface area contributed by atoms with Gasteiger partial charge in [-0.05, 0) is 25.2 Å². The average Bonchev–Trinajstić information content (AvgIpc) is 2.38. The van der Waals surface area contributed by atoms with Gasteiger partial charge in [-0.1, -0.05) is 6.08 Å². The minimum Gasteiger partial charge on any atom is -0.480 e. The van der Waals surface area contributed by atoms with Gasteiger partial charge in [0.05, 0.1) is 0 Å². The Morgan fingerprint density at radius 2 is 2.00 bits per heavy atom. The number of piperidine rings is 1. The molecule has 4 N–H and O–H groups in total. The summed E-state index contributed by atoms with van der Waals surface area (Å²) in [6, 6.07) is -1.35. The summed E-state index contributed by atoms with van der Waals surface area (Å²) in [6.45, 7) is 4.48. The molecule has 0 aliphatic carbocycles. The van der Waals surface area contributed by atoms with Gasteiger partial charge in [0.25, 0.3) is 0 Å². The topological polar surface area (TPSA) is 113 Å². The van der Waals surface area contributed by atoms with Crippen molar-refractivity contribution in [1.82, 2.24) is 10.2 Å². The summed E-state index contributed by atoms with van der Waals surface area (Å²) in [5, 5.41) is 11.4.